The first-order valence-corrected chi connectivity index (χ1v) is 6.11. The summed E-state index contributed by atoms with van der Waals surface area (Å²) >= 11 is 0. The number of nitrogens with one attached hydrogen (secondary N) is 1. The molecule has 0 aliphatic heterocycles. The molecule has 0 saturated carbocycles. The van der Waals surface area contributed by atoms with Gasteiger partial charge in [-0.05, 0) is 19.1 Å². The Bertz CT molecular complexity index is 663. The van der Waals surface area contributed by atoms with E-state index in [0.717, 1.165) is 0 Å². The first-order valence-electron chi connectivity index (χ1n) is 6.11. The van der Waals surface area contributed by atoms with Crippen LogP contribution in [0.15, 0.2) is 30.3 Å². The van der Waals surface area contributed by atoms with Gasteiger partial charge in [-0.3, -0.25) is 14.9 Å². The molecule has 0 spiro atoms. The molecule has 0 bridgehead atoms. The third-order valence-corrected chi connectivity index (χ3v) is 2.68. The molecule has 2 rings (SSSR count). The van der Waals surface area contributed by atoms with Crippen molar-refractivity contribution in [3.63, 3.8) is 0 Å². The smallest absolute Gasteiger partial charge is 0.269 e. The lowest BCUT2D eigenvalue weighted by molar-refractivity contribution is -0.384. The van der Waals surface area contributed by atoms with Gasteiger partial charge in [0, 0.05) is 25.3 Å². The van der Waals surface area contributed by atoms with Gasteiger partial charge in [0.05, 0.1) is 16.3 Å². The molecule has 8 heteroatoms. The Balaban J connectivity index is 2.30. The van der Waals surface area contributed by atoms with Crippen LogP contribution in [0.2, 0.25) is 0 Å². The summed E-state index contributed by atoms with van der Waals surface area (Å²) in [6.07, 6.45) is 0. The lowest BCUT2D eigenvalue weighted by Gasteiger charge is -2.08. The number of nitro groups is 1. The second kappa shape index (κ2) is 6.14. The minimum Gasteiger partial charge on any atom is -0.375 e. The average molecular weight is 290 g/mol. The van der Waals surface area contributed by atoms with Crippen molar-refractivity contribution >= 4 is 17.4 Å². The number of carbonyl (C=O) groups is 1. The third-order valence-electron chi connectivity index (χ3n) is 2.68. The number of carbonyl (C=O) groups excluding carboxylic acids is 1. The van der Waals surface area contributed by atoms with Gasteiger partial charge in [0.1, 0.15) is 12.4 Å². The van der Waals surface area contributed by atoms with Gasteiger partial charge < -0.3 is 10.1 Å². The Morgan fingerprint density at radius 2 is 2.10 bits per heavy atom. The van der Waals surface area contributed by atoms with Gasteiger partial charge in [-0.15, -0.1) is 0 Å². The van der Waals surface area contributed by atoms with Gasteiger partial charge in [0.25, 0.3) is 11.6 Å². The van der Waals surface area contributed by atoms with Gasteiger partial charge in [0.2, 0.25) is 0 Å². The molecule has 0 fully saturated rings. The molecule has 1 heterocycles. The predicted molar refractivity (Wildman–Crippen MR) is 75.5 cm³/mol. The molecule has 0 aliphatic rings. The van der Waals surface area contributed by atoms with E-state index < -0.39 is 4.92 Å². The number of hydrogen-bond donors (Lipinski definition) is 1. The fraction of sp³-hybridized carbons (Fsp3) is 0.231. The van der Waals surface area contributed by atoms with Crippen LogP contribution in [-0.4, -0.2) is 34.3 Å². The third kappa shape index (κ3) is 3.42. The van der Waals surface area contributed by atoms with E-state index >= 15 is 0 Å². The highest BCUT2D eigenvalue weighted by Gasteiger charge is 2.12. The lowest BCUT2D eigenvalue weighted by Crippen LogP contribution is -2.19. The Hall–Kier alpha value is -2.74. The Kier molecular flexibility index (Phi) is 4.29. The number of non-ortho nitro benzene ring substituents is 1. The predicted octanol–water partition coefficient (Wildman–Crippen LogP) is 1.67. The van der Waals surface area contributed by atoms with E-state index in [1.807, 2.05) is 0 Å². The number of aryl methyl sites for hydroxylation is 1. The maximum absolute atomic E-state index is 11.6. The highest BCUT2D eigenvalue weighted by molar-refractivity contribution is 5.91. The van der Waals surface area contributed by atoms with E-state index in [1.165, 1.54) is 23.9 Å². The summed E-state index contributed by atoms with van der Waals surface area (Å²) in [5, 5.41) is 17.6. The summed E-state index contributed by atoms with van der Waals surface area (Å²) < 4.78 is 6.26. The van der Waals surface area contributed by atoms with Crippen LogP contribution in [0.25, 0.3) is 5.69 Å². The number of nitro benzene ring substituents is 1. The Morgan fingerprint density at radius 1 is 1.43 bits per heavy atom. The number of aromatic nitrogens is 2. The van der Waals surface area contributed by atoms with Gasteiger partial charge in [-0.25, -0.2) is 4.68 Å². The van der Waals surface area contributed by atoms with Gasteiger partial charge >= 0.3 is 0 Å². The minimum atomic E-state index is -0.473. The molecule has 1 aromatic heterocycles. The molecule has 0 saturated heterocycles. The summed E-state index contributed by atoms with van der Waals surface area (Å²) in [6, 6.07) is 7.60. The molecule has 21 heavy (non-hydrogen) atoms. The highest BCUT2D eigenvalue weighted by Crippen LogP contribution is 2.20. The molecule has 8 nitrogen and oxygen atoms in total. The zero-order valence-corrected chi connectivity index (χ0v) is 11.6. The van der Waals surface area contributed by atoms with Crippen molar-refractivity contribution in [2.24, 2.45) is 0 Å². The lowest BCUT2D eigenvalue weighted by atomic mass is 10.3. The highest BCUT2D eigenvalue weighted by atomic mass is 16.6. The van der Waals surface area contributed by atoms with E-state index in [0.29, 0.717) is 17.2 Å². The van der Waals surface area contributed by atoms with Gasteiger partial charge in [-0.2, -0.15) is 5.10 Å². The van der Waals surface area contributed by atoms with Crippen LogP contribution in [0.4, 0.5) is 11.5 Å². The second-order valence-corrected chi connectivity index (χ2v) is 4.34. The molecule has 1 N–H and O–H groups in total. The number of anilines is 1. The number of ether oxygens (including phenoxy) is 1. The number of methoxy groups -OCH3 is 1. The van der Waals surface area contributed by atoms with Crippen LogP contribution in [0.1, 0.15) is 5.69 Å². The van der Waals surface area contributed by atoms with Crippen molar-refractivity contribution in [1.29, 1.82) is 0 Å². The zero-order chi connectivity index (χ0) is 15.4. The van der Waals surface area contributed by atoms with Crippen molar-refractivity contribution in [3.8, 4) is 5.69 Å². The summed E-state index contributed by atoms with van der Waals surface area (Å²) in [5.41, 5.74) is 1.31. The first kappa shape index (κ1) is 14.7. The monoisotopic (exact) mass is 290 g/mol. The zero-order valence-electron chi connectivity index (χ0n) is 11.6. The molecular weight excluding hydrogens is 276 g/mol. The van der Waals surface area contributed by atoms with Crippen molar-refractivity contribution in [2.75, 3.05) is 19.0 Å². The topological polar surface area (TPSA) is 99.3 Å². The summed E-state index contributed by atoms with van der Waals surface area (Å²) in [4.78, 5) is 21.8. The van der Waals surface area contributed by atoms with Gasteiger partial charge in [0.15, 0.2) is 0 Å². The van der Waals surface area contributed by atoms with Crippen LogP contribution in [-0.2, 0) is 9.53 Å². The molecule has 0 radical (unpaired) electrons. The molecule has 0 atom stereocenters. The molecular formula is C13H14N4O4. The Labute approximate surface area is 120 Å². The molecule has 0 unspecified atom stereocenters. The maximum Gasteiger partial charge on any atom is 0.269 e. The van der Waals surface area contributed by atoms with Crippen molar-refractivity contribution in [3.05, 3.63) is 46.1 Å². The van der Waals surface area contributed by atoms with Crippen molar-refractivity contribution in [2.45, 2.75) is 6.92 Å². The fourth-order valence-electron chi connectivity index (χ4n) is 1.81. The van der Waals surface area contributed by atoms with E-state index in [-0.39, 0.29) is 18.2 Å². The number of amides is 1. The van der Waals surface area contributed by atoms with Crippen LogP contribution in [0.3, 0.4) is 0 Å². The summed E-state index contributed by atoms with van der Waals surface area (Å²) in [5.74, 6) is 0.170. The van der Waals surface area contributed by atoms with Crippen LogP contribution >= 0.6 is 0 Å². The fourth-order valence-corrected chi connectivity index (χ4v) is 1.81. The largest absolute Gasteiger partial charge is 0.375 e. The van der Waals surface area contributed by atoms with Crippen LogP contribution < -0.4 is 5.32 Å². The molecule has 0 aliphatic carbocycles. The SMILES string of the molecule is COCC(=O)Nc1cc(C)nn1-c1ccc([N+](=O)[O-])cc1. The number of benzene rings is 1. The maximum atomic E-state index is 11.6. The quantitative estimate of drug-likeness (QED) is 0.667. The van der Waals surface area contributed by atoms with Crippen molar-refractivity contribution in [1.82, 2.24) is 9.78 Å². The summed E-state index contributed by atoms with van der Waals surface area (Å²) in [6.45, 7) is 1.72. The Morgan fingerprint density at radius 3 is 2.67 bits per heavy atom. The molecule has 1 amide bonds. The first-order chi connectivity index (χ1) is 10.0. The van der Waals surface area contributed by atoms with Crippen LogP contribution in [0.5, 0.6) is 0 Å². The van der Waals surface area contributed by atoms with Crippen molar-refractivity contribution < 1.29 is 14.5 Å². The minimum absolute atomic E-state index is 0.00685. The van der Waals surface area contributed by atoms with E-state index in [2.05, 4.69) is 10.4 Å². The standard InChI is InChI=1S/C13H14N4O4/c1-9-7-12(14-13(18)8-21-2)16(15-9)10-3-5-11(6-4-10)17(19)20/h3-7H,8H2,1-2H3,(H,14,18). The normalized spacial score (nSPS) is 10.4. The second-order valence-electron chi connectivity index (χ2n) is 4.34. The van der Waals surface area contributed by atoms with Crippen LogP contribution in [0, 0.1) is 17.0 Å². The number of rotatable bonds is 5. The van der Waals surface area contributed by atoms with E-state index in [9.17, 15) is 14.9 Å². The average Bonchev–Trinajstić information content (AvgIpc) is 2.79. The van der Waals surface area contributed by atoms with Gasteiger partial charge in [-0.1, -0.05) is 0 Å². The molecule has 2 aromatic rings. The van der Waals surface area contributed by atoms with E-state index in [1.54, 1.807) is 25.1 Å². The summed E-state index contributed by atoms with van der Waals surface area (Å²) in [7, 11) is 1.43. The van der Waals surface area contributed by atoms with E-state index in [4.69, 9.17) is 4.74 Å². The molecule has 110 valence electrons. The number of nitrogens with zero attached hydrogens (tertiary/aromatic N) is 3. The molecule has 1 aromatic carbocycles. The number of hydrogen-bond acceptors (Lipinski definition) is 5.